The predicted molar refractivity (Wildman–Crippen MR) is 73.4 cm³/mol. The van der Waals surface area contributed by atoms with Crippen molar-refractivity contribution in [2.45, 2.75) is 39.7 Å². The van der Waals surface area contributed by atoms with E-state index in [1.165, 1.54) is 18.5 Å². The highest BCUT2D eigenvalue weighted by molar-refractivity contribution is 5.61. The van der Waals surface area contributed by atoms with Gasteiger partial charge in [-0.05, 0) is 39.2 Å². The molecule has 3 aromatic heterocycles. The maximum Gasteiger partial charge on any atom is 0.278 e. The summed E-state index contributed by atoms with van der Waals surface area (Å²) in [7, 11) is 0. The van der Waals surface area contributed by atoms with Crippen LogP contribution in [0.1, 0.15) is 30.0 Å². The summed E-state index contributed by atoms with van der Waals surface area (Å²) in [4.78, 5) is 4.43. The second-order valence-corrected chi connectivity index (χ2v) is 5.32. The fraction of sp³-hybridized carbons (Fsp3) is 0.429. The van der Waals surface area contributed by atoms with E-state index in [4.69, 9.17) is 9.05 Å². The smallest absolute Gasteiger partial charge is 0.278 e. The van der Waals surface area contributed by atoms with Crippen LogP contribution >= 0.6 is 0 Å². The Hall–Kier alpha value is -2.44. The first-order valence-corrected chi connectivity index (χ1v) is 7.06. The molecule has 0 bridgehead atoms. The van der Waals surface area contributed by atoms with Crippen molar-refractivity contribution in [3.63, 3.8) is 0 Å². The lowest BCUT2D eigenvalue weighted by Gasteiger charge is -2.11. The third-order valence-corrected chi connectivity index (χ3v) is 3.82. The van der Waals surface area contributed by atoms with Crippen LogP contribution in [0.25, 0.3) is 23.0 Å². The van der Waals surface area contributed by atoms with Crippen molar-refractivity contribution in [1.82, 2.24) is 25.1 Å². The van der Waals surface area contributed by atoms with Gasteiger partial charge in [-0.25, -0.2) is 0 Å². The fourth-order valence-corrected chi connectivity index (χ4v) is 2.75. The van der Waals surface area contributed by atoms with Gasteiger partial charge in [-0.2, -0.15) is 10.1 Å². The van der Waals surface area contributed by atoms with Gasteiger partial charge in [-0.3, -0.25) is 4.68 Å². The maximum absolute atomic E-state index is 5.36. The highest BCUT2D eigenvalue weighted by Gasteiger charge is 2.21. The molecule has 0 N–H and O–H groups in total. The van der Waals surface area contributed by atoms with Crippen LogP contribution in [-0.4, -0.2) is 25.1 Å². The highest BCUT2D eigenvalue weighted by atomic mass is 16.5. The van der Waals surface area contributed by atoms with Crippen LogP contribution in [0.2, 0.25) is 0 Å². The molecule has 0 amide bonds. The van der Waals surface area contributed by atoms with Gasteiger partial charge in [0, 0.05) is 12.2 Å². The maximum atomic E-state index is 5.36. The van der Waals surface area contributed by atoms with Gasteiger partial charge in [0.2, 0.25) is 5.82 Å². The molecule has 0 saturated heterocycles. The zero-order valence-corrected chi connectivity index (χ0v) is 12.0. The second kappa shape index (κ2) is 4.54. The average molecular weight is 285 g/mol. The Morgan fingerprint density at radius 2 is 2.05 bits per heavy atom. The summed E-state index contributed by atoms with van der Waals surface area (Å²) in [5.74, 6) is 1.61. The molecule has 7 heteroatoms. The van der Waals surface area contributed by atoms with Crippen molar-refractivity contribution < 1.29 is 9.05 Å². The van der Waals surface area contributed by atoms with Crippen molar-refractivity contribution in [2.75, 3.05) is 0 Å². The van der Waals surface area contributed by atoms with E-state index in [2.05, 4.69) is 20.4 Å². The van der Waals surface area contributed by atoms with E-state index in [1.807, 2.05) is 24.6 Å². The summed E-state index contributed by atoms with van der Waals surface area (Å²) < 4.78 is 12.5. The number of hydrogen-bond acceptors (Lipinski definition) is 6. The molecule has 0 spiro atoms. The minimum atomic E-state index is 0.437. The predicted octanol–water partition coefficient (Wildman–Crippen LogP) is 2.54. The van der Waals surface area contributed by atoms with Gasteiger partial charge < -0.3 is 9.05 Å². The minimum absolute atomic E-state index is 0.437. The number of fused-ring (bicyclic) bond motifs is 1. The molecule has 1 aliphatic rings. The van der Waals surface area contributed by atoms with Crippen LogP contribution in [0.5, 0.6) is 0 Å². The van der Waals surface area contributed by atoms with Crippen LogP contribution in [0.4, 0.5) is 0 Å². The summed E-state index contributed by atoms with van der Waals surface area (Å²) >= 11 is 0. The van der Waals surface area contributed by atoms with Crippen LogP contribution in [-0.2, 0) is 13.0 Å². The molecule has 0 unspecified atom stereocenters. The SMILES string of the molecule is Cc1noc(C)c1-c1noc(-c2cc3n(n2)CCCC3)n1. The lowest BCUT2D eigenvalue weighted by molar-refractivity contribution is 0.393. The number of rotatable bonds is 2. The minimum Gasteiger partial charge on any atom is -0.361 e. The molecule has 108 valence electrons. The molecule has 7 nitrogen and oxygen atoms in total. The van der Waals surface area contributed by atoms with Gasteiger partial charge >= 0.3 is 0 Å². The van der Waals surface area contributed by atoms with Crippen molar-refractivity contribution in [3.8, 4) is 23.0 Å². The quantitative estimate of drug-likeness (QED) is 0.719. The Bertz CT molecular complexity index is 755. The summed E-state index contributed by atoms with van der Waals surface area (Å²) in [5, 5.41) is 12.5. The zero-order valence-electron chi connectivity index (χ0n) is 12.0. The fourth-order valence-electron chi connectivity index (χ4n) is 2.75. The third-order valence-electron chi connectivity index (χ3n) is 3.82. The monoisotopic (exact) mass is 285 g/mol. The topological polar surface area (TPSA) is 82.8 Å². The molecule has 0 saturated carbocycles. The van der Waals surface area contributed by atoms with E-state index in [9.17, 15) is 0 Å². The molecule has 0 fully saturated rings. The van der Waals surface area contributed by atoms with E-state index in [-0.39, 0.29) is 0 Å². The van der Waals surface area contributed by atoms with Crippen LogP contribution < -0.4 is 0 Å². The largest absolute Gasteiger partial charge is 0.361 e. The Kier molecular flexibility index (Phi) is 2.66. The van der Waals surface area contributed by atoms with Gasteiger partial charge in [0.05, 0.1) is 11.3 Å². The second-order valence-electron chi connectivity index (χ2n) is 5.32. The van der Waals surface area contributed by atoms with Crippen LogP contribution in [0.3, 0.4) is 0 Å². The van der Waals surface area contributed by atoms with Crippen LogP contribution in [0, 0.1) is 13.8 Å². The normalized spacial score (nSPS) is 14.4. The molecule has 0 atom stereocenters. The van der Waals surface area contributed by atoms with Crippen molar-refractivity contribution >= 4 is 0 Å². The lowest BCUT2D eigenvalue weighted by atomic mass is 10.1. The van der Waals surface area contributed by atoms with Gasteiger partial charge in [-0.1, -0.05) is 10.3 Å². The molecule has 1 aliphatic heterocycles. The lowest BCUT2D eigenvalue weighted by Crippen LogP contribution is -2.10. The van der Waals surface area contributed by atoms with E-state index in [1.54, 1.807) is 0 Å². The Labute approximate surface area is 120 Å². The van der Waals surface area contributed by atoms with Gasteiger partial charge in [0.25, 0.3) is 5.89 Å². The number of aromatic nitrogens is 5. The first-order chi connectivity index (χ1) is 10.2. The van der Waals surface area contributed by atoms with Crippen molar-refractivity contribution in [1.29, 1.82) is 0 Å². The first-order valence-electron chi connectivity index (χ1n) is 7.06. The Morgan fingerprint density at radius 1 is 1.14 bits per heavy atom. The van der Waals surface area contributed by atoms with E-state index in [0.717, 1.165) is 29.9 Å². The summed E-state index contributed by atoms with van der Waals surface area (Å²) in [5.41, 5.74) is 3.50. The average Bonchev–Trinajstić information content (AvgIpc) is 3.17. The Balaban J connectivity index is 1.73. The molecule has 0 radical (unpaired) electrons. The molecule has 4 heterocycles. The van der Waals surface area contributed by atoms with Gasteiger partial charge in [-0.15, -0.1) is 0 Å². The molecule has 0 aromatic carbocycles. The highest BCUT2D eigenvalue weighted by Crippen LogP contribution is 2.27. The summed E-state index contributed by atoms with van der Waals surface area (Å²) in [6, 6.07) is 2.03. The van der Waals surface area contributed by atoms with E-state index < -0.39 is 0 Å². The zero-order chi connectivity index (χ0) is 14.4. The molecule has 3 aromatic rings. The first kappa shape index (κ1) is 12.3. The number of hydrogen-bond donors (Lipinski definition) is 0. The number of nitrogens with zero attached hydrogens (tertiary/aromatic N) is 5. The Morgan fingerprint density at radius 3 is 2.81 bits per heavy atom. The van der Waals surface area contributed by atoms with E-state index in [0.29, 0.717) is 17.5 Å². The van der Waals surface area contributed by atoms with Crippen LogP contribution in [0.15, 0.2) is 15.1 Å². The third kappa shape index (κ3) is 1.96. The molecule has 0 aliphatic carbocycles. The van der Waals surface area contributed by atoms with Gasteiger partial charge in [0.15, 0.2) is 5.69 Å². The summed E-state index contributed by atoms with van der Waals surface area (Å²) in [6.45, 7) is 4.65. The summed E-state index contributed by atoms with van der Waals surface area (Å²) in [6.07, 6.45) is 3.43. The molecule has 21 heavy (non-hydrogen) atoms. The van der Waals surface area contributed by atoms with E-state index >= 15 is 0 Å². The van der Waals surface area contributed by atoms with Crippen molar-refractivity contribution in [3.05, 3.63) is 23.2 Å². The van der Waals surface area contributed by atoms with Crippen molar-refractivity contribution in [2.24, 2.45) is 0 Å². The van der Waals surface area contributed by atoms with Gasteiger partial charge in [0.1, 0.15) is 5.76 Å². The molecular formula is C14H15N5O2. The standard InChI is InChI=1S/C14H15N5O2/c1-8-12(9(2)20-17-8)13-15-14(21-18-13)11-7-10-5-3-4-6-19(10)16-11/h7H,3-6H2,1-2H3. The molecule has 4 rings (SSSR count). The molecular weight excluding hydrogens is 270 g/mol. The number of aryl methyl sites for hydroxylation is 4.